The van der Waals surface area contributed by atoms with Gasteiger partial charge in [0.15, 0.2) is 10.9 Å². The molecule has 0 unspecified atom stereocenters. The van der Waals surface area contributed by atoms with E-state index in [1.54, 1.807) is 18.3 Å². The smallest absolute Gasteiger partial charge is 0.262 e. The lowest BCUT2D eigenvalue weighted by Gasteiger charge is -2.04. The molecule has 0 radical (unpaired) electrons. The average Bonchev–Trinajstić information content (AvgIpc) is 3.16. The van der Waals surface area contributed by atoms with Crippen LogP contribution in [0.5, 0.6) is 0 Å². The van der Waals surface area contributed by atoms with E-state index >= 15 is 0 Å². The van der Waals surface area contributed by atoms with E-state index in [1.807, 2.05) is 36.7 Å². The summed E-state index contributed by atoms with van der Waals surface area (Å²) < 4.78 is 5.25. The standard InChI is InChI=1S/C15H15N3O2S2/c1-8(2)13-12(9(3)18-20-13)14(19)17-15-16-10(7-22-15)11-5-4-6-21-11/h4-8H,1-3H3,(H,16,17,19). The highest BCUT2D eigenvalue weighted by Crippen LogP contribution is 2.29. The van der Waals surface area contributed by atoms with E-state index in [-0.39, 0.29) is 11.8 Å². The highest BCUT2D eigenvalue weighted by Gasteiger charge is 2.23. The molecule has 0 aliphatic heterocycles. The van der Waals surface area contributed by atoms with Crippen LogP contribution < -0.4 is 5.32 Å². The van der Waals surface area contributed by atoms with Gasteiger partial charge in [0.2, 0.25) is 0 Å². The van der Waals surface area contributed by atoms with Gasteiger partial charge in [-0.15, -0.1) is 22.7 Å². The summed E-state index contributed by atoms with van der Waals surface area (Å²) in [5.74, 6) is 0.472. The Bertz CT molecular complexity index is 788. The molecule has 0 bridgehead atoms. The molecule has 0 fully saturated rings. The van der Waals surface area contributed by atoms with Gasteiger partial charge in [0.1, 0.15) is 5.56 Å². The minimum Gasteiger partial charge on any atom is -0.360 e. The Morgan fingerprint density at radius 3 is 2.86 bits per heavy atom. The number of anilines is 1. The number of rotatable bonds is 4. The number of aromatic nitrogens is 2. The van der Waals surface area contributed by atoms with Crippen molar-refractivity contribution in [1.82, 2.24) is 10.1 Å². The molecule has 0 aromatic carbocycles. The van der Waals surface area contributed by atoms with Crippen molar-refractivity contribution >= 4 is 33.7 Å². The third-order valence-electron chi connectivity index (χ3n) is 3.14. The van der Waals surface area contributed by atoms with Crippen molar-refractivity contribution in [3.05, 3.63) is 39.9 Å². The molecular weight excluding hydrogens is 318 g/mol. The van der Waals surface area contributed by atoms with Gasteiger partial charge in [-0.05, 0) is 18.4 Å². The van der Waals surface area contributed by atoms with Gasteiger partial charge in [-0.1, -0.05) is 25.1 Å². The van der Waals surface area contributed by atoms with Gasteiger partial charge < -0.3 is 4.52 Å². The van der Waals surface area contributed by atoms with E-state index in [4.69, 9.17) is 4.52 Å². The van der Waals surface area contributed by atoms with Crippen LogP contribution in [-0.4, -0.2) is 16.0 Å². The summed E-state index contributed by atoms with van der Waals surface area (Å²) >= 11 is 3.03. The average molecular weight is 333 g/mol. The van der Waals surface area contributed by atoms with Crippen molar-refractivity contribution in [1.29, 1.82) is 0 Å². The fraction of sp³-hybridized carbons (Fsp3) is 0.267. The number of hydrogen-bond acceptors (Lipinski definition) is 6. The van der Waals surface area contributed by atoms with Crippen molar-refractivity contribution in [2.75, 3.05) is 5.32 Å². The summed E-state index contributed by atoms with van der Waals surface area (Å²) in [6.45, 7) is 5.70. The van der Waals surface area contributed by atoms with Crippen LogP contribution in [0.2, 0.25) is 0 Å². The first-order valence-corrected chi connectivity index (χ1v) is 8.59. The van der Waals surface area contributed by atoms with E-state index in [2.05, 4.69) is 15.5 Å². The molecule has 0 atom stereocenters. The van der Waals surface area contributed by atoms with Crippen LogP contribution in [0.25, 0.3) is 10.6 Å². The number of carbonyl (C=O) groups is 1. The molecular formula is C15H15N3O2S2. The number of carbonyl (C=O) groups excluding carboxylic acids is 1. The van der Waals surface area contributed by atoms with Gasteiger partial charge in [0.25, 0.3) is 5.91 Å². The predicted molar refractivity (Wildman–Crippen MR) is 88.7 cm³/mol. The Morgan fingerprint density at radius 1 is 1.36 bits per heavy atom. The van der Waals surface area contributed by atoms with Crippen LogP contribution >= 0.6 is 22.7 Å². The first-order valence-electron chi connectivity index (χ1n) is 6.83. The van der Waals surface area contributed by atoms with Gasteiger partial charge in [-0.2, -0.15) is 0 Å². The van der Waals surface area contributed by atoms with Gasteiger partial charge in [0.05, 0.1) is 16.3 Å². The molecule has 1 amide bonds. The molecule has 5 nitrogen and oxygen atoms in total. The first-order chi connectivity index (χ1) is 10.6. The molecule has 3 aromatic rings. The van der Waals surface area contributed by atoms with Gasteiger partial charge in [-0.3, -0.25) is 10.1 Å². The number of nitrogens with one attached hydrogen (secondary N) is 1. The number of thiazole rings is 1. The highest BCUT2D eigenvalue weighted by atomic mass is 32.1. The summed E-state index contributed by atoms with van der Waals surface area (Å²) in [7, 11) is 0. The zero-order valence-corrected chi connectivity index (χ0v) is 14.0. The van der Waals surface area contributed by atoms with Crippen molar-refractivity contribution < 1.29 is 9.32 Å². The molecule has 0 spiro atoms. The Morgan fingerprint density at radius 2 is 2.18 bits per heavy atom. The number of aryl methyl sites for hydroxylation is 1. The third-order valence-corrected chi connectivity index (χ3v) is 4.79. The maximum absolute atomic E-state index is 12.5. The monoisotopic (exact) mass is 333 g/mol. The lowest BCUT2D eigenvalue weighted by atomic mass is 10.0. The normalized spacial score (nSPS) is 11.1. The van der Waals surface area contributed by atoms with Gasteiger partial charge >= 0.3 is 0 Å². The minimum absolute atomic E-state index is 0.0972. The molecule has 3 rings (SSSR count). The van der Waals surface area contributed by atoms with Gasteiger partial charge in [0, 0.05) is 11.3 Å². The maximum atomic E-state index is 12.5. The van der Waals surface area contributed by atoms with Crippen LogP contribution in [0.3, 0.4) is 0 Å². The fourth-order valence-corrected chi connectivity index (χ4v) is 3.55. The maximum Gasteiger partial charge on any atom is 0.262 e. The lowest BCUT2D eigenvalue weighted by molar-refractivity contribution is 0.102. The van der Waals surface area contributed by atoms with E-state index in [0.717, 1.165) is 10.6 Å². The quantitative estimate of drug-likeness (QED) is 0.761. The highest BCUT2D eigenvalue weighted by molar-refractivity contribution is 7.16. The van der Waals surface area contributed by atoms with E-state index in [1.165, 1.54) is 11.3 Å². The topological polar surface area (TPSA) is 68.0 Å². The van der Waals surface area contributed by atoms with E-state index in [0.29, 0.717) is 22.1 Å². The van der Waals surface area contributed by atoms with Crippen molar-refractivity contribution in [3.63, 3.8) is 0 Å². The Hall–Kier alpha value is -1.99. The largest absolute Gasteiger partial charge is 0.360 e. The summed E-state index contributed by atoms with van der Waals surface area (Å²) in [6.07, 6.45) is 0. The molecule has 0 aliphatic rings. The molecule has 3 aromatic heterocycles. The first kappa shape index (κ1) is 14.9. The molecule has 3 heterocycles. The Kier molecular flexibility index (Phi) is 4.08. The second-order valence-corrected chi connectivity index (χ2v) is 6.94. The van der Waals surface area contributed by atoms with Crippen LogP contribution in [0.15, 0.2) is 27.4 Å². The second kappa shape index (κ2) is 6.02. The van der Waals surface area contributed by atoms with Crippen LogP contribution in [0.1, 0.15) is 41.6 Å². The van der Waals surface area contributed by atoms with Crippen molar-refractivity contribution in [3.8, 4) is 10.6 Å². The predicted octanol–water partition coefficient (Wildman–Crippen LogP) is 4.54. The molecule has 7 heteroatoms. The fourth-order valence-electron chi connectivity index (χ4n) is 2.09. The molecule has 22 heavy (non-hydrogen) atoms. The van der Waals surface area contributed by atoms with Crippen molar-refractivity contribution in [2.24, 2.45) is 0 Å². The van der Waals surface area contributed by atoms with E-state index in [9.17, 15) is 4.79 Å². The van der Waals surface area contributed by atoms with Crippen LogP contribution in [0, 0.1) is 6.92 Å². The summed E-state index contributed by atoms with van der Waals surface area (Å²) in [6, 6.07) is 3.99. The summed E-state index contributed by atoms with van der Waals surface area (Å²) in [4.78, 5) is 18.0. The SMILES string of the molecule is Cc1noc(C(C)C)c1C(=O)Nc1nc(-c2cccs2)cs1. The third kappa shape index (κ3) is 2.82. The molecule has 0 saturated carbocycles. The van der Waals surface area contributed by atoms with E-state index < -0.39 is 0 Å². The molecule has 0 aliphatic carbocycles. The zero-order valence-electron chi connectivity index (χ0n) is 12.4. The summed E-state index contributed by atoms with van der Waals surface area (Å²) in [5.41, 5.74) is 1.97. The van der Waals surface area contributed by atoms with Gasteiger partial charge in [-0.25, -0.2) is 4.98 Å². The minimum atomic E-state index is -0.227. The number of nitrogens with zero attached hydrogens (tertiary/aromatic N) is 2. The zero-order chi connectivity index (χ0) is 15.7. The lowest BCUT2D eigenvalue weighted by Crippen LogP contribution is -2.14. The Labute approximate surface area is 136 Å². The number of hydrogen-bond donors (Lipinski definition) is 1. The molecule has 1 N–H and O–H groups in total. The van der Waals surface area contributed by atoms with Crippen molar-refractivity contribution in [2.45, 2.75) is 26.7 Å². The molecule has 114 valence electrons. The Balaban J connectivity index is 1.82. The number of thiophene rings is 1. The van der Waals surface area contributed by atoms with Crippen LogP contribution in [0.4, 0.5) is 5.13 Å². The summed E-state index contributed by atoms with van der Waals surface area (Å²) in [5, 5.41) is 11.2. The number of amides is 1. The molecule has 0 saturated heterocycles. The van der Waals surface area contributed by atoms with Crippen LogP contribution in [-0.2, 0) is 0 Å². The second-order valence-electron chi connectivity index (χ2n) is 5.13.